The summed E-state index contributed by atoms with van der Waals surface area (Å²) < 4.78 is 0. The first kappa shape index (κ1) is 14.7. The summed E-state index contributed by atoms with van der Waals surface area (Å²) in [6, 6.07) is 1.30. The Morgan fingerprint density at radius 3 is 2.18 bits per heavy atom. The van der Waals surface area contributed by atoms with Gasteiger partial charge in [0, 0.05) is 18.6 Å². The van der Waals surface area contributed by atoms with Gasteiger partial charge in [0.05, 0.1) is 0 Å². The smallest absolute Gasteiger partial charge is 0.00414 e. The van der Waals surface area contributed by atoms with Crippen molar-refractivity contribution in [3.63, 3.8) is 0 Å². The predicted molar refractivity (Wildman–Crippen MR) is 79.9 cm³/mol. The second-order valence-corrected chi connectivity index (χ2v) is 8.47. The minimum absolute atomic E-state index is 0.219. The first-order valence-corrected chi connectivity index (χ1v) is 9.37. The van der Waals surface area contributed by atoms with E-state index < -0.39 is 0 Å². The molecule has 2 heteroatoms. The number of hydrogen-bond donors (Lipinski definition) is 0. The Balaban J connectivity index is 2.46. The van der Waals surface area contributed by atoms with Crippen LogP contribution < -0.4 is 0 Å². The standard InChI is InChI=1S/C15H28NSi/c1-12(2)16(13(3)4)10-9-14-7-8-15(11-14)17(5)6/h7,11-13H,8-10H2,1-6H3/q-1. The molecule has 0 aromatic carbocycles. The Bertz CT molecular complexity index is 292. The van der Waals surface area contributed by atoms with E-state index in [9.17, 15) is 0 Å². The Morgan fingerprint density at radius 2 is 1.76 bits per heavy atom. The third kappa shape index (κ3) is 4.44. The van der Waals surface area contributed by atoms with E-state index in [1.54, 1.807) is 10.8 Å². The molecule has 0 N–H and O–H groups in total. The topological polar surface area (TPSA) is 3.24 Å². The molecule has 0 bridgehead atoms. The maximum Gasteiger partial charge on any atom is 0.00414 e. The van der Waals surface area contributed by atoms with Crippen LogP contribution in [0, 0.1) is 0 Å². The summed E-state index contributed by atoms with van der Waals surface area (Å²) in [5.74, 6) is 0. The fourth-order valence-electron chi connectivity index (χ4n) is 2.48. The van der Waals surface area contributed by atoms with Gasteiger partial charge < -0.3 is 0 Å². The molecule has 17 heavy (non-hydrogen) atoms. The lowest BCUT2D eigenvalue weighted by Gasteiger charge is -2.30. The van der Waals surface area contributed by atoms with Crippen molar-refractivity contribution in [1.82, 2.24) is 4.90 Å². The molecular weight excluding hydrogens is 222 g/mol. The molecule has 0 radical (unpaired) electrons. The zero-order valence-electron chi connectivity index (χ0n) is 12.4. The lowest BCUT2D eigenvalue weighted by Crippen LogP contribution is -2.37. The fraction of sp³-hybridized carbons (Fsp3) is 0.733. The van der Waals surface area contributed by atoms with Crippen LogP contribution in [0.1, 0.15) is 40.5 Å². The normalized spacial score (nSPS) is 15.8. The minimum Gasteiger partial charge on any atom is -0.298 e. The van der Waals surface area contributed by atoms with Crippen molar-refractivity contribution in [1.29, 1.82) is 0 Å². The van der Waals surface area contributed by atoms with Crippen LogP contribution in [-0.2, 0) is 0 Å². The highest BCUT2D eigenvalue weighted by Gasteiger charge is 2.13. The summed E-state index contributed by atoms with van der Waals surface area (Å²) >= 11 is 0. The van der Waals surface area contributed by atoms with Crippen molar-refractivity contribution >= 4 is 8.80 Å². The van der Waals surface area contributed by atoms with Gasteiger partial charge >= 0.3 is 0 Å². The van der Waals surface area contributed by atoms with Crippen molar-refractivity contribution in [2.24, 2.45) is 0 Å². The largest absolute Gasteiger partial charge is 0.298 e. The summed E-state index contributed by atoms with van der Waals surface area (Å²) in [6.45, 7) is 15.2. The lowest BCUT2D eigenvalue weighted by molar-refractivity contribution is 0.178. The predicted octanol–water partition coefficient (Wildman–Crippen LogP) is 4.05. The van der Waals surface area contributed by atoms with E-state index in [0.29, 0.717) is 12.1 Å². The first-order chi connectivity index (χ1) is 7.91. The summed E-state index contributed by atoms with van der Waals surface area (Å²) in [5.41, 5.74) is 1.57. The van der Waals surface area contributed by atoms with Crippen molar-refractivity contribution in [2.75, 3.05) is 6.54 Å². The van der Waals surface area contributed by atoms with E-state index in [1.807, 2.05) is 0 Å². The molecule has 0 spiro atoms. The number of hydrogen-bond acceptors (Lipinski definition) is 1. The van der Waals surface area contributed by atoms with Crippen molar-refractivity contribution in [3.05, 3.63) is 22.9 Å². The van der Waals surface area contributed by atoms with Crippen LogP contribution in [0.25, 0.3) is 0 Å². The van der Waals surface area contributed by atoms with Gasteiger partial charge in [-0.1, -0.05) is 17.7 Å². The maximum atomic E-state index is 2.58. The van der Waals surface area contributed by atoms with Crippen LogP contribution in [0.5, 0.6) is 0 Å². The molecule has 0 fully saturated rings. The highest BCUT2D eigenvalue weighted by Crippen LogP contribution is 2.22. The zero-order chi connectivity index (χ0) is 13.0. The molecule has 1 aliphatic rings. The SMILES string of the molecule is CC(C)N(CCC1=CCC([Si-](C)C)=C1)C(C)C. The molecule has 1 aliphatic carbocycles. The molecule has 1 rings (SSSR count). The molecule has 0 unspecified atom stereocenters. The molecule has 0 saturated heterocycles. The van der Waals surface area contributed by atoms with Gasteiger partial charge in [0.15, 0.2) is 0 Å². The molecule has 0 heterocycles. The summed E-state index contributed by atoms with van der Waals surface area (Å²) in [4.78, 5) is 2.58. The molecular formula is C15H28NSi-. The lowest BCUT2D eigenvalue weighted by atomic mass is 10.1. The molecule has 1 nitrogen and oxygen atoms in total. The zero-order valence-corrected chi connectivity index (χ0v) is 13.4. The molecule has 0 aliphatic heterocycles. The summed E-state index contributed by atoms with van der Waals surface area (Å²) in [5, 5.41) is 1.70. The average Bonchev–Trinajstić information content (AvgIpc) is 2.65. The van der Waals surface area contributed by atoms with Crippen LogP contribution in [0.4, 0.5) is 0 Å². The van der Waals surface area contributed by atoms with Crippen LogP contribution in [-0.4, -0.2) is 32.3 Å². The molecule has 0 saturated carbocycles. The highest BCUT2D eigenvalue weighted by atomic mass is 28.3. The van der Waals surface area contributed by atoms with Gasteiger partial charge in [-0.2, -0.15) is 13.1 Å². The summed E-state index contributed by atoms with van der Waals surface area (Å²) in [6.07, 6.45) is 7.34. The van der Waals surface area contributed by atoms with E-state index in [-0.39, 0.29) is 8.80 Å². The quantitative estimate of drug-likeness (QED) is 0.643. The third-order valence-corrected chi connectivity index (χ3v) is 5.20. The van der Waals surface area contributed by atoms with E-state index in [0.717, 1.165) is 0 Å². The third-order valence-electron chi connectivity index (χ3n) is 3.57. The Morgan fingerprint density at radius 1 is 1.18 bits per heavy atom. The average molecular weight is 250 g/mol. The molecule has 0 aromatic heterocycles. The maximum absolute atomic E-state index is 2.58. The highest BCUT2D eigenvalue weighted by molar-refractivity contribution is 6.64. The van der Waals surface area contributed by atoms with E-state index >= 15 is 0 Å². The molecule has 0 atom stereocenters. The number of nitrogens with zero attached hydrogens (tertiary/aromatic N) is 1. The summed E-state index contributed by atoms with van der Waals surface area (Å²) in [7, 11) is -0.219. The Kier molecular flexibility index (Phi) is 5.67. The van der Waals surface area contributed by atoms with Gasteiger partial charge in [-0.15, -0.1) is 0 Å². The van der Waals surface area contributed by atoms with Gasteiger partial charge in [-0.25, -0.2) is 5.20 Å². The Hall–Kier alpha value is -0.343. The second kappa shape index (κ2) is 6.55. The first-order valence-electron chi connectivity index (χ1n) is 6.87. The van der Waals surface area contributed by atoms with Crippen molar-refractivity contribution < 1.29 is 0 Å². The second-order valence-electron chi connectivity index (χ2n) is 5.83. The van der Waals surface area contributed by atoms with Crippen LogP contribution in [0.3, 0.4) is 0 Å². The minimum atomic E-state index is -0.219. The van der Waals surface area contributed by atoms with Gasteiger partial charge in [0.1, 0.15) is 0 Å². The van der Waals surface area contributed by atoms with Gasteiger partial charge in [-0.3, -0.25) is 13.7 Å². The molecule has 0 amide bonds. The van der Waals surface area contributed by atoms with Crippen molar-refractivity contribution in [3.8, 4) is 0 Å². The van der Waals surface area contributed by atoms with Crippen molar-refractivity contribution in [2.45, 2.75) is 65.7 Å². The van der Waals surface area contributed by atoms with Gasteiger partial charge in [-0.05, 0) is 40.5 Å². The van der Waals surface area contributed by atoms with E-state index in [4.69, 9.17) is 0 Å². The number of rotatable bonds is 6. The van der Waals surface area contributed by atoms with Gasteiger partial charge in [0.2, 0.25) is 0 Å². The van der Waals surface area contributed by atoms with E-state index in [2.05, 4.69) is 57.8 Å². The van der Waals surface area contributed by atoms with Crippen LogP contribution in [0.15, 0.2) is 22.9 Å². The van der Waals surface area contributed by atoms with Gasteiger partial charge in [0.25, 0.3) is 0 Å². The van der Waals surface area contributed by atoms with Crippen LogP contribution >= 0.6 is 0 Å². The molecule has 98 valence electrons. The number of allylic oxidation sites excluding steroid dienone is 3. The fourth-order valence-corrected chi connectivity index (χ4v) is 3.46. The van der Waals surface area contributed by atoms with Crippen LogP contribution in [0.2, 0.25) is 13.1 Å². The van der Waals surface area contributed by atoms with E-state index in [1.165, 1.54) is 19.4 Å². The molecule has 0 aromatic rings. The monoisotopic (exact) mass is 250 g/mol. The Labute approximate surface area is 109 Å².